The molecule has 1 atom stereocenters. The van der Waals surface area contributed by atoms with E-state index in [-0.39, 0.29) is 18.5 Å². The first-order valence-corrected chi connectivity index (χ1v) is 18.1. The molecule has 0 bridgehead atoms. The zero-order valence-corrected chi connectivity index (χ0v) is 28.3. The molecule has 0 aliphatic heterocycles. The van der Waals surface area contributed by atoms with Crippen molar-refractivity contribution in [2.45, 2.75) is 187 Å². The van der Waals surface area contributed by atoms with Crippen LogP contribution in [-0.4, -0.2) is 23.1 Å². The first-order chi connectivity index (χ1) is 21.1. The maximum absolute atomic E-state index is 12.6. The smallest absolute Gasteiger partial charge is 0.306 e. The number of hydrogen-bond donors (Lipinski definition) is 1. The zero-order valence-electron chi connectivity index (χ0n) is 28.3. The zero-order chi connectivity index (χ0) is 31.5. The van der Waals surface area contributed by atoms with Crippen molar-refractivity contribution >= 4 is 11.9 Å². The molecule has 0 radical (unpaired) electrons. The SMILES string of the molecule is CC/C=C\C/C=C\C/C=C\CCCCCCCC(=O)OC(/C=C\CCCCCCCCC)CCCCCCCCC(=O)O. The summed E-state index contributed by atoms with van der Waals surface area (Å²) in [6, 6.07) is 0. The van der Waals surface area contributed by atoms with E-state index in [0.29, 0.717) is 6.42 Å². The van der Waals surface area contributed by atoms with E-state index in [4.69, 9.17) is 9.84 Å². The molecule has 4 nitrogen and oxygen atoms in total. The van der Waals surface area contributed by atoms with Gasteiger partial charge in [-0.25, -0.2) is 0 Å². The summed E-state index contributed by atoms with van der Waals surface area (Å²) in [5, 5.41) is 8.76. The van der Waals surface area contributed by atoms with E-state index < -0.39 is 5.97 Å². The molecule has 0 aromatic heterocycles. The lowest BCUT2D eigenvalue weighted by atomic mass is 10.0. The standard InChI is InChI=1S/C39H68O4/c1-3-5-7-9-11-13-14-15-16-17-18-20-22-28-32-36-39(42)43-37(33-29-25-21-19-12-10-8-6-4-2)34-30-26-23-24-27-31-35-38(40)41/h5,7,11,13,15-16,29,33,37H,3-4,6,8-10,12,14,17-28,30-32,34-36H2,1-2H3,(H,40,41)/b7-5-,13-11-,16-15-,33-29-. The van der Waals surface area contributed by atoms with Crippen molar-refractivity contribution in [3.05, 3.63) is 48.6 Å². The summed E-state index contributed by atoms with van der Waals surface area (Å²) in [5.41, 5.74) is 0. The van der Waals surface area contributed by atoms with Crippen molar-refractivity contribution in [1.29, 1.82) is 0 Å². The predicted molar refractivity (Wildman–Crippen MR) is 185 cm³/mol. The predicted octanol–water partition coefficient (Wildman–Crippen LogP) is 12.4. The minimum Gasteiger partial charge on any atom is -0.481 e. The Hall–Kier alpha value is -2.10. The molecule has 1 N–H and O–H groups in total. The molecule has 43 heavy (non-hydrogen) atoms. The monoisotopic (exact) mass is 601 g/mol. The van der Waals surface area contributed by atoms with Gasteiger partial charge in [-0.3, -0.25) is 9.59 Å². The lowest BCUT2D eigenvalue weighted by Gasteiger charge is -2.15. The third-order valence-corrected chi connectivity index (χ3v) is 7.77. The quantitative estimate of drug-likeness (QED) is 0.0474. The fourth-order valence-corrected chi connectivity index (χ4v) is 5.11. The largest absolute Gasteiger partial charge is 0.481 e. The number of aliphatic carboxylic acids is 1. The highest BCUT2D eigenvalue weighted by atomic mass is 16.5. The number of hydrogen-bond acceptors (Lipinski definition) is 3. The van der Waals surface area contributed by atoms with Crippen LogP contribution in [0.25, 0.3) is 0 Å². The third kappa shape index (κ3) is 34.3. The van der Waals surface area contributed by atoms with Crippen molar-refractivity contribution in [3.8, 4) is 0 Å². The average molecular weight is 601 g/mol. The molecule has 0 saturated heterocycles. The van der Waals surface area contributed by atoms with Crippen LogP contribution in [0.1, 0.15) is 181 Å². The number of ether oxygens (including phenoxy) is 1. The average Bonchev–Trinajstić information content (AvgIpc) is 2.99. The third-order valence-electron chi connectivity index (χ3n) is 7.77. The molecule has 0 aliphatic carbocycles. The number of rotatable bonds is 32. The Balaban J connectivity index is 4.14. The van der Waals surface area contributed by atoms with E-state index in [1.54, 1.807) is 0 Å². The molecule has 0 rings (SSSR count). The van der Waals surface area contributed by atoms with E-state index in [0.717, 1.165) is 89.9 Å². The summed E-state index contributed by atoms with van der Waals surface area (Å²) in [6.45, 7) is 4.42. The Labute approximate surface area is 266 Å². The highest BCUT2D eigenvalue weighted by molar-refractivity contribution is 5.69. The van der Waals surface area contributed by atoms with Gasteiger partial charge in [0.05, 0.1) is 0 Å². The molecule has 0 aromatic carbocycles. The summed E-state index contributed by atoms with van der Waals surface area (Å²) in [4.78, 5) is 23.2. The van der Waals surface area contributed by atoms with Crippen LogP contribution >= 0.6 is 0 Å². The van der Waals surface area contributed by atoms with Crippen LogP contribution in [0.3, 0.4) is 0 Å². The van der Waals surface area contributed by atoms with E-state index >= 15 is 0 Å². The highest BCUT2D eigenvalue weighted by Gasteiger charge is 2.11. The number of unbranched alkanes of at least 4 members (excludes halogenated alkanes) is 17. The van der Waals surface area contributed by atoms with E-state index in [1.165, 1.54) is 64.2 Å². The lowest BCUT2D eigenvalue weighted by molar-refractivity contribution is -0.147. The van der Waals surface area contributed by atoms with Gasteiger partial charge in [0, 0.05) is 12.8 Å². The summed E-state index contributed by atoms with van der Waals surface area (Å²) in [5.74, 6) is -0.758. The lowest BCUT2D eigenvalue weighted by Crippen LogP contribution is -2.16. The molecule has 0 fully saturated rings. The number of carboxylic acid groups (broad SMARTS) is 1. The van der Waals surface area contributed by atoms with Gasteiger partial charge in [0.15, 0.2) is 0 Å². The topological polar surface area (TPSA) is 63.6 Å². The second kappa shape index (κ2) is 34.4. The Morgan fingerprint density at radius 2 is 1.05 bits per heavy atom. The first-order valence-electron chi connectivity index (χ1n) is 18.1. The Morgan fingerprint density at radius 3 is 1.65 bits per heavy atom. The van der Waals surface area contributed by atoms with E-state index in [9.17, 15) is 9.59 Å². The number of allylic oxidation sites excluding steroid dienone is 7. The molecule has 4 heteroatoms. The Bertz CT molecular complexity index is 734. The summed E-state index contributed by atoms with van der Waals surface area (Å²) in [7, 11) is 0. The van der Waals surface area contributed by atoms with Gasteiger partial charge < -0.3 is 9.84 Å². The molecule has 0 amide bonds. The van der Waals surface area contributed by atoms with Crippen LogP contribution in [0.4, 0.5) is 0 Å². The van der Waals surface area contributed by atoms with E-state index in [1.807, 2.05) is 0 Å². The van der Waals surface area contributed by atoms with Crippen molar-refractivity contribution in [2.75, 3.05) is 0 Å². The second-order valence-electron chi connectivity index (χ2n) is 12.0. The molecule has 0 heterocycles. The van der Waals surface area contributed by atoms with Gasteiger partial charge in [-0.1, -0.05) is 140 Å². The number of carbonyl (C=O) groups excluding carboxylic acids is 1. The van der Waals surface area contributed by atoms with Gasteiger partial charge in [-0.05, 0) is 76.7 Å². The maximum atomic E-state index is 12.6. The normalized spacial score (nSPS) is 12.8. The van der Waals surface area contributed by atoms with Gasteiger partial charge in [-0.2, -0.15) is 0 Å². The maximum Gasteiger partial charge on any atom is 0.306 e. The number of carboxylic acids is 1. The fraction of sp³-hybridized carbons (Fsp3) is 0.744. The van der Waals surface area contributed by atoms with Gasteiger partial charge >= 0.3 is 11.9 Å². The van der Waals surface area contributed by atoms with Crippen LogP contribution < -0.4 is 0 Å². The van der Waals surface area contributed by atoms with Crippen molar-refractivity contribution < 1.29 is 19.4 Å². The van der Waals surface area contributed by atoms with Gasteiger partial charge in [-0.15, -0.1) is 0 Å². The number of esters is 1. The molecule has 0 aromatic rings. The van der Waals surface area contributed by atoms with Crippen molar-refractivity contribution in [2.24, 2.45) is 0 Å². The van der Waals surface area contributed by atoms with Crippen molar-refractivity contribution in [3.63, 3.8) is 0 Å². The Morgan fingerprint density at radius 1 is 0.558 bits per heavy atom. The van der Waals surface area contributed by atoms with Crippen LogP contribution in [0.15, 0.2) is 48.6 Å². The van der Waals surface area contributed by atoms with Crippen LogP contribution in [0.5, 0.6) is 0 Å². The molecular weight excluding hydrogens is 532 g/mol. The van der Waals surface area contributed by atoms with Gasteiger partial charge in [0.1, 0.15) is 6.10 Å². The molecule has 1 unspecified atom stereocenters. The van der Waals surface area contributed by atoms with Crippen LogP contribution in [0, 0.1) is 0 Å². The minimum atomic E-state index is -0.703. The van der Waals surface area contributed by atoms with Crippen LogP contribution in [0.2, 0.25) is 0 Å². The van der Waals surface area contributed by atoms with E-state index in [2.05, 4.69) is 62.5 Å². The Kier molecular flexibility index (Phi) is 32.7. The molecule has 0 saturated carbocycles. The summed E-state index contributed by atoms with van der Waals surface area (Å²) < 4.78 is 5.90. The number of carbonyl (C=O) groups is 2. The second-order valence-corrected chi connectivity index (χ2v) is 12.0. The summed E-state index contributed by atoms with van der Waals surface area (Å²) >= 11 is 0. The molecule has 248 valence electrons. The van der Waals surface area contributed by atoms with Gasteiger partial charge in [0.25, 0.3) is 0 Å². The molecule has 0 aliphatic rings. The summed E-state index contributed by atoms with van der Waals surface area (Å²) in [6.07, 6.45) is 45.6. The fourth-order valence-electron chi connectivity index (χ4n) is 5.11. The minimum absolute atomic E-state index is 0.0552. The molecular formula is C39H68O4. The van der Waals surface area contributed by atoms with Crippen LogP contribution in [-0.2, 0) is 14.3 Å². The highest BCUT2D eigenvalue weighted by Crippen LogP contribution is 2.15. The molecule has 0 spiro atoms. The van der Waals surface area contributed by atoms with Gasteiger partial charge in [0.2, 0.25) is 0 Å². The first kappa shape index (κ1) is 40.9. The van der Waals surface area contributed by atoms with Crippen molar-refractivity contribution in [1.82, 2.24) is 0 Å².